The summed E-state index contributed by atoms with van der Waals surface area (Å²) < 4.78 is 12.0. The van der Waals surface area contributed by atoms with Gasteiger partial charge < -0.3 is 24.5 Å². The molecule has 4 atom stereocenters. The molecule has 1 aliphatic heterocycles. The molecule has 1 fully saturated rings. The minimum Gasteiger partial charge on any atom is -0.405 e. The molecule has 146 valence electrons. The predicted molar refractivity (Wildman–Crippen MR) is 106 cm³/mol. The van der Waals surface area contributed by atoms with E-state index in [1.807, 2.05) is 36.4 Å². The van der Waals surface area contributed by atoms with Gasteiger partial charge in [0.25, 0.3) is 8.32 Å². The van der Waals surface area contributed by atoms with Gasteiger partial charge >= 0.3 is 0 Å². The minimum absolute atomic E-state index is 0.0859. The van der Waals surface area contributed by atoms with Crippen LogP contribution >= 0.6 is 0 Å². The number of ether oxygens (including phenoxy) is 1. The van der Waals surface area contributed by atoms with Gasteiger partial charge in [-0.25, -0.2) is 0 Å². The molecular weight excluding hydrogens is 360 g/mol. The molecule has 0 amide bonds. The van der Waals surface area contributed by atoms with Crippen LogP contribution in [0.4, 0.5) is 0 Å². The number of aliphatic hydroxyl groups is 3. The lowest BCUT2D eigenvalue weighted by molar-refractivity contribution is -0.132. The van der Waals surface area contributed by atoms with Crippen molar-refractivity contribution < 1.29 is 24.5 Å². The Morgan fingerprint density at radius 3 is 1.70 bits per heavy atom. The molecule has 0 saturated carbocycles. The van der Waals surface area contributed by atoms with Gasteiger partial charge in [-0.05, 0) is 15.4 Å². The number of rotatable bonds is 5. The van der Waals surface area contributed by atoms with Crippen molar-refractivity contribution in [2.24, 2.45) is 0 Å². The van der Waals surface area contributed by atoms with Gasteiger partial charge in [0, 0.05) is 0 Å². The standard InChI is InChI=1S/C21H28O5Si/c1-21(2,3)27(15-10-6-4-7-11-15,16-12-8-5-9-13-16)25-14-17-18(22)19(23)20(24)26-17/h4-13,17-20,22-24H,14H2,1-3H3/t17-,18-,19-,20+/m1/s1. The largest absolute Gasteiger partial charge is 0.405 e. The molecule has 3 N–H and O–H groups in total. The molecule has 2 aromatic rings. The second-order valence-electron chi connectivity index (χ2n) is 8.02. The summed E-state index contributed by atoms with van der Waals surface area (Å²) in [5.41, 5.74) is 0. The smallest absolute Gasteiger partial charge is 0.261 e. The zero-order valence-electron chi connectivity index (χ0n) is 15.9. The minimum atomic E-state index is -2.74. The van der Waals surface area contributed by atoms with E-state index in [1.54, 1.807) is 0 Å². The van der Waals surface area contributed by atoms with Crippen LogP contribution in [0.3, 0.4) is 0 Å². The number of hydrogen-bond donors (Lipinski definition) is 3. The third-order valence-corrected chi connectivity index (χ3v) is 10.2. The van der Waals surface area contributed by atoms with Gasteiger partial charge in [-0.2, -0.15) is 0 Å². The summed E-state index contributed by atoms with van der Waals surface area (Å²) in [6.45, 7) is 6.57. The van der Waals surface area contributed by atoms with Crippen LogP contribution in [-0.4, -0.2) is 54.8 Å². The maximum Gasteiger partial charge on any atom is 0.261 e. The lowest BCUT2D eigenvalue weighted by atomic mass is 10.1. The van der Waals surface area contributed by atoms with Gasteiger partial charge in [0.2, 0.25) is 0 Å². The van der Waals surface area contributed by atoms with Crippen molar-refractivity contribution in [3.63, 3.8) is 0 Å². The molecular formula is C21H28O5Si. The van der Waals surface area contributed by atoms with Crippen LogP contribution in [0.5, 0.6) is 0 Å². The van der Waals surface area contributed by atoms with Gasteiger partial charge in [-0.3, -0.25) is 0 Å². The van der Waals surface area contributed by atoms with Crippen molar-refractivity contribution in [3.05, 3.63) is 60.7 Å². The number of aliphatic hydroxyl groups excluding tert-OH is 3. The Kier molecular flexibility index (Phi) is 5.86. The predicted octanol–water partition coefficient (Wildman–Crippen LogP) is 1.00. The van der Waals surface area contributed by atoms with Crippen molar-refractivity contribution in [1.82, 2.24) is 0 Å². The average Bonchev–Trinajstić information content (AvgIpc) is 2.90. The van der Waals surface area contributed by atoms with Crippen molar-refractivity contribution in [3.8, 4) is 0 Å². The number of hydrogen-bond acceptors (Lipinski definition) is 5. The summed E-state index contributed by atoms with van der Waals surface area (Å²) in [6, 6.07) is 20.3. The highest BCUT2D eigenvalue weighted by molar-refractivity contribution is 6.99. The molecule has 0 radical (unpaired) electrons. The van der Waals surface area contributed by atoms with E-state index in [-0.39, 0.29) is 11.6 Å². The Bertz CT molecular complexity index is 692. The lowest BCUT2D eigenvalue weighted by Gasteiger charge is -2.43. The average molecular weight is 389 g/mol. The third-order valence-electron chi connectivity index (χ3n) is 5.22. The molecule has 0 aromatic heterocycles. The molecule has 5 nitrogen and oxygen atoms in total. The molecule has 0 spiro atoms. The first kappa shape index (κ1) is 20.2. The molecule has 2 aromatic carbocycles. The molecule has 0 aliphatic carbocycles. The lowest BCUT2D eigenvalue weighted by Crippen LogP contribution is -2.67. The zero-order chi connectivity index (χ0) is 19.7. The summed E-state index contributed by atoms with van der Waals surface area (Å²) in [5, 5.41) is 31.7. The Morgan fingerprint density at radius 2 is 1.33 bits per heavy atom. The highest BCUT2D eigenvalue weighted by Crippen LogP contribution is 2.37. The SMILES string of the molecule is CC(C)(C)[Si](OC[C@H]1O[C@H](O)[C@H](O)[C@@H]1O)(c1ccccc1)c1ccccc1. The topological polar surface area (TPSA) is 79.2 Å². The van der Waals surface area contributed by atoms with Gasteiger partial charge in [0.05, 0.1) is 6.61 Å². The molecule has 0 bridgehead atoms. The van der Waals surface area contributed by atoms with Gasteiger partial charge in [0.1, 0.15) is 18.3 Å². The van der Waals surface area contributed by atoms with Crippen molar-refractivity contribution >= 4 is 18.7 Å². The van der Waals surface area contributed by atoms with E-state index in [9.17, 15) is 15.3 Å². The molecule has 1 saturated heterocycles. The summed E-state index contributed by atoms with van der Waals surface area (Å²) in [4.78, 5) is 0. The van der Waals surface area contributed by atoms with Gasteiger partial charge in [-0.15, -0.1) is 0 Å². The van der Waals surface area contributed by atoms with E-state index in [4.69, 9.17) is 9.16 Å². The molecule has 3 rings (SSSR count). The fraction of sp³-hybridized carbons (Fsp3) is 0.429. The second-order valence-corrected chi connectivity index (χ2v) is 12.3. The maximum atomic E-state index is 10.2. The van der Waals surface area contributed by atoms with Crippen LogP contribution in [0.1, 0.15) is 20.8 Å². The van der Waals surface area contributed by atoms with Crippen molar-refractivity contribution in [2.75, 3.05) is 6.61 Å². The molecule has 1 aliphatic rings. The van der Waals surface area contributed by atoms with Crippen LogP contribution in [0.25, 0.3) is 0 Å². The summed E-state index contributed by atoms with van der Waals surface area (Å²) >= 11 is 0. The summed E-state index contributed by atoms with van der Waals surface area (Å²) in [6.07, 6.45) is -4.68. The Balaban J connectivity index is 2.02. The summed E-state index contributed by atoms with van der Waals surface area (Å²) in [7, 11) is -2.74. The first-order valence-electron chi connectivity index (χ1n) is 9.22. The number of benzene rings is 2. The monoisotopic (exact) mass is 388 g/mol. The Hall–Kier alpha value is -1.54. The molecule has 0 unspecified atom stereocenters. The Morgan fingerprint density at radius 1 is 0.852 bits per heavy atom. The van der Waals surface area contributed by atoms with E-state index < -0.39 is 32.9 Å². The second kappa shape index (κ2) is 7.83. The third kappa shape index (κ3) is 3.74. The molecule has 27 heavy (non-hydrogen) atoms. The van der Waals surface area contributed by atoms with Gasteiger partial charge in [-0.1, -0.05) is 81.4 Å². The fourth-order valence-corrected chi connectivity index (χ4v) is 8.41. The highest BCUT2D eigenvalue weighted by atomic mass is 28.4. The van der Waals surface area contributed by atoms with Crippen LogP contribution < -0.4 is 10.4 Å². The summed E-state index contributed by atoms with van der Waals surface area (Å²) in [5.74, 6) is 0. The van der Waals surface area contributed by atoms with E-state index in [1.165, 1.54) is 0 Å². The van der Waals surface area contributed by atoms with E-state index in [0.29, 0.717) is 0 Å². The van der Waals surface area contributed by atoms with Crippen LogP contribution in [0.2, 0.25) is 5.04 Å². The normalized spacial score (nSPS) is 26.3. The van der Waals surface area contributed by atoms with Crippen molar-refractivity contribution in [2.45, 2.75) is 50.4 Å². The highest BCUT2D eigenvalue weighted by Gasteiger charge is 2.51. The Labute approximate surface area is 161 Å². The first-order valence-corrected chi connectivity index (χ1v) is 11.1. The van der Waals surface area contributed by atoms with E-state index in [0.717, 1.165) is 10.4 Å². The maximum absolute atomic E-state index is 10.2. The quantitative estimate of drug-likeness (QED) is 0.666. The van der Waals surface area contributed by atoms with Crippen LogP contribution in [0, 0.1) is 0 Å². The van der Waals surface area contributed by atoms with E-state index >= 15 is 0 Å². The molecule has 1 heterocycles. The van der Waals surface area contributed by atoms with E-state index in [2.05, 4.69) is 45.0 Å². The van der Waals surface area contributed by atoms with Gasteiger partial charge in [0.15, 0.2) is 6.29 Å². The van der Waals surface area contributed by atoms with Crippen molar-refractivity contribution in [1.29, 1.82) is 0 Å². The fourth-order valence-electron chi connectivity index (χ4n) is 3.84. The molecule has 6 heteroatoms. The zero-order valence-corrected chi connectivity index (χ0v) is 16.9. The van der Waals surface area contributed by atoms with Crippen LogP contribution in [0.15, 0.2) is 60.7 Å². The van der Waals surface area contributed by atoms with Crippen LogP contribution in [-0.2, 0) is 9.16 Å². The first-order chi connectivity index (χ1) is 12.8.